The summed E-state index contributed by atoms with van der Waals surface area (Å²) < 4.78 is 32.4. The van der Waals surface area contributed by atoms with Gasteiger partial charge in [-0.05, 0) is 86.6 Å². The first-order valence-electron chi connectivity index (χ1n) is 12.4. The van der Waals surface area contributed by atoms with Crippen molar-refractivity contribution in [3.05, 3.63) is 71.3 Å². The number of piperidine rings is 1. The standard InChI is InChI=1S/C25H30F2N2O3.C2H2O4/c1-28-17-23(32-24(28)30)3-2-14-29-15-12-20(13-16-29)25(31,18-4-8-21(26)9-5-18)19-6-10-22(27)11-7-19;3-1(4)2(5)6/h4-11,20,23,31H,2-3,12-17H2,1H3;(H,3,4)(H,5,6). The van der Waals surface area contributed by atoms with Gasteiger partial charge < -0.3 is 29.9 Å². The summed E-state index contributed by atoms with van der Waals surface area (Å²) in [6.07, 6.45) is 3.03. The Bertz CT molecular complexity index is 1050. The van der Waals surface area contributed by atoms with E-state index in [9.17, 15) is 18.7 Å². The van der Waals surface area contributed by atoms with Gasteiger partial charge in [-0.25, -0.2) is 23.2 Å². The van der Waals surface area contributed by atoms with E-state index in [0.717, 1.165) is 45.3 Å². The van der Waals surface area contributed by atoms with Gasteiger partial charge in [-0.1, -0.05) is 24.3 Å². The van der Waals surface area contributed by atoms with Crippen LogP contribution in [0.4, 0.5) is 13.6 Å². The van der Waals surface area contributed by atoms with Gasteiger partial charge in [0.15, 0.2) is 0 Å². The Balaban J connectivity index is 0.000000599. The highest BCUT2D eigenvalue weighted by Gasteiger charge is 2.41. The molecule has 9 nitrogen and oxygen atoms in total. The number of likely N-dealkylation sites (N-methyl/N-ethyl adjacent to an activating group) is 1. The number of carboxylic acids is 2. The molecule has 206 valence electrons. The van der Waals surface area contributed by atoms with Crippen LogP contribution in [0.5, 0.6) is 0 Å². The van der Waals surface area contributed by atoms with Gasteiger partial charge in [0, 0.05) is 7.05 Å². The first-order chi connectivity index (χ1) is 18.0. The minimum absolute atomic E-state index is 0.0351. The van der Waals surface area contributed by atoms with Crippen molar-refractivity contribution in [2.24, 2.45) is 5.92 Å². The van der Waals surface area contributed by atoms with Crippen LogP contribution in [0.25, 0.3) is 0 Å². The van der Waals surface area contributed by atoms with Crippen molar-refractivity contribution in [3.8, 4) is 0 Å². The van der Waals surface area contributed by atoms with Gasteiger partial charge in [0.05, 0.1) is 6.54 Å². The van der Waals surface area contributed by atoms with Crippen LogP contribution in [0.3, 0.4) is 0 Å². The quantitative estimate of drug-likeness (QED) is 0.462. The van der Waals surface area contributed by atoms with Crippen molar-refractivity contribution < 1.29 is 43.2 Å². The molecule has 3 N–H and O–H groups in total. The number of likely N-dealkylation sites (tertiary alicyclic amines) is 1. The van der Waals surface area contributed by atoms with E-state index in [1.54, 1.807) is 36.2 Å². The molecular formula is C27H32F2N2O7. The van der Waals surface area contributed by atoms with Gasteiger partial charge in [-0.15, -0.1) is 0 Å². The fourth-order valence-corrected chi connectivity index (χ4v) is 4.96. The van der Waals surface area contributed by atoms with Gasteiger partial charge in [-0.2, -0.15) is 0 Å². The smallest absolute Gasteiger partial charge is 0.414 e. The average molecular weight is 535 g/mol. The largest absolute Gasteiger partial charge is 0.473 e. The summed E-state index contributed by atoms with van der Waals surface area (Å²) in [5, 5.41) is 26.7. The van der Waals surface area contributed by atoms with Crippen LogP contribution in [0.1, 0.15) is 36.8 Å². The Morgan fingerprint density at radius 1 is 0.947 bits per heavy atom. The van der Waals surface area contributed by atoms with E-state index >= 15 is 0 Å². The van der Waals surface area contributed by atoms with Gasteiger partial charge >= 0.3 is 18.0 Å². The topological polar surface area (TPSA) is 128 Å². The molecule has 2 fully saturated rings. The van der Waals surface area contributed by atoms with Crippen LogP contribution in [0.2, 0.25) is 0 Å². The van der Waals surface area contributed by atoms with E-state index in [0.29, 0.717) is 17.7 Å². The number of halogens is 2. The van der Waals surface area contributed by atoms with Crippen molar-refractivity contribution in [2.75, 3.05) is 33.2 Å². The van der Waals surface area contributed by atoms with Gasteiger partial charge in [0.25, 0.3) is 0 Å². The molecule has 0 bridgehead atoms. The number of carbonyl (C=O) groups excluding carboxylic acids is 1. The summed E-state index contributed by atoms with van der Waals surface area (Å²) in [6, 6.07) is 11.9. The lowest BCUT2D eigenvalue weighted by Crippen LogP contribution is -2.44. The molecule has 4 rings (SSSR count). The fraction of sp³-hybridized carbons (Fsp3) is 0.444. The van der Waals surface area contributed by atoms with Crippen LogP contribution in [-0.4, -0.2) is 82.5 Å². The molecule has 0 radical (unpaired) electrons. The van der Waals surface area contributed by atoms with Crippen molar-refractivity contribution >= 4 is 18.0 Å². The molecule has 38 heavy (non-hydrogen) atoms. The summed E-state index contributed by atoms with van der Waals surface area (Å²) in [4.78, 5) is 33.6. The maximum atomic E-state index is 13.5. The van der Waals surface area contributed by atoms with Crippen LogP contribution < -0.4 is 0 Å². The SMILES string of the molecule is CN1CC(CCCN2CCC(C(O)(c3ccc(F)cc3)c3ccc(F)cc3)CC2)OC1=O.O=C(O)C(=O)O. The van der Waals surface area contributed by atoms with E-state index in [1.807, 2.05) is 0 Å². The van der Waals surface area contributed by atoms with Crippen LogP contribution >= 0.6 is 0 Å². The molecule has 0 saturated carbocycles. The normalized spacial score (nSPS) is 18.5. The molecule has 0 aromatic heterocycles. The number of nitrogens with zero attached hydrogens (tertiary/aromatic N) is 2. The van der Waals surface area contributed by atoms with Crippen molar-refractivity contribution in [1.82, 2.24) is 9.80 Å². The highest BCUT2D eigenvalue weighted by molar-refractivity contribution is 6.27. The average Bonchev–Trinajstić information content (AvgIpc) is 3.21. The Morgan fingerprint density at radius 3 is 1.82 bits per heavy atom. The molecule has 0 spiro atoms. The van der Waals surface area contributed by atoms with E-state index < -0.39 is 17.5 Å². The molecule has 2 aromatic rings. The second-order valence-corrected chi connectivity index (χ2v) is 9.53. The van der Waals surface area contributed by atoms with Crippen molar-refractivity contribution in [1.29, 1.82) is 0 Å². The molecule has 2 heterocycles. The Morgan fingerprint density at radius 2 is 1.42 bits per heavy atom. The Hall–Kier alpha value is -3.57. The molecule has 2 saturated heterocycles. The molecule has 2 aromatic carbocycles. The van der Waals surface area contributed by atoms with Crippen LogP contribution in [0.15, 0.2) is 48.5 Å². The number of benzene rings is 2. The molecule has 1 atom stereocenters. The zero-order valence-electron chi connectivity index (χ0n) is 21.1. The maximum Gasteiger partial charge on any atom is 0.414 e. The number of aliphatic hydroxyl groups is 1. The number of ether oxygens (including phenoxy) is 1. The lowest BCUT2D eigenvalue weighted by molar-refractivity contribution is -0.159. The zero-order chi connectivity index (χ0) is 27.9. The fourth-order valence-electron chi connectivity index (χ4n) is 4.96. The van der Waals surface area contributed by atoms with Crippen LogP contribution in [-0.2, 0) is 19.9 Å². The van der Waals surface area contributed by atoms with Crippen molar-refractivity contribution in [3.63, 3.8) is 0 Å². The Kier molecular flexibility index (Phi) is 9.76. The highest BCUT2D eigenvalue weighted by Crippen LogP contribution is 2.42. The lowest BCUT2D eigenvalue weighted by atomic mass is 9.72. The second kappa shape index (κ2) is 12.8. The third kappa shape index (κ3) is 7.26. The molecule has 1 amide bonds. The molecule has 11 heteroatoms. The summed E-state index contributed by atoms with van der Waals surface area (Å²) in [6.45, 7) is 3.22. The van der Waals surface area contributed by atoms with Gasteiger partial charge in [-0.3, -0.25) is 0 Å². The van der Waals surface area contributed by atoms with E-state index in [2.05, 4.69) is 4.90 Å². The monoisotopic (exact) mass is 534 g/mol. The van der Waals surface area contributed by atoms with Crippen LogP contribution in [0, 0.1) is 17.6 Å². The Labute approximate surface area is 219 Å². The second-order valence-electron chi connectivity index (χ2n) is 9.53. The molecular weight excluding hydrogens is 502 g/mol. The first-order valence-corrected chi connectivity index (χ1v) is 12.4. The van der Waals surface area contributed by atoms with Crippen molar-refractivity contribution in [2.45, 2.75) is 37.4 Å². The third-order valence-corrected chi connectivity index (χ3v) is 6.99. The number of carboxylic acid groups (broad SMARTS) is 2. The third-order valence-electron chi connectivity index (χ3n) is 6.99. The van der Waals surface area contributed by atoms with Gasteiger partial charge in [0.2, 0.25) is 0 Å². The predicted octanol–water partition coefficient (Wildman–Crippen LogP) is 3.30. The zero-order valence-corrected chi connectivity index (χ0v) is 21.1. The van der Waals surface area contributed by atoms with E-state index in [1.165, 1.54) is 24.3 Å². The molecule has 2 aliphatic heterocycles. The maximum absolute atomic E-state index is 13.5. The minimum Gasteiger partial charge on any atom is -0.473 e. The molecule has 2 aliphatic rings. The number of hydrogen-bond acceptors (Lipinski definition) is 6. The molecule has 0 aliphatic carbocycles. The van der Waals surface area contributed by atoms with Gasteiger partial charge in [0.1, 0.15) is 23.3 Å². The number of hydrogen-bond donors (Lipinski definition) is 3. The number of carbonyl (C=O) groups is 3. The summed E-state index contributed by atoms with van der Waals surface area (Å²) >= 11 is 0. The minimum atomic E-state index is -1.82. The molecule has 1 unspecified atom stereocenters. The number of amides is 1. The summed E-state index contributed by atoms with van der Waals surface area (Å²) in [5.41, 5.74) is -0.0666. The summed E-state index contributed by atoms with van der Waals surface area (Å²) in [5.74, 6) is -4.43. The lowest BCUT2D eigenvalue weighted by Gasteiger charge is -2.42. The first kappa shape index (κ1) is 29.0. The van der Waals surface area contributed by atoms with E-state index in [-0.39, 0.29) is 29.7 Å². The number of rotatable bonds is 7. The summed E-state index contributed by atoms with van der Waals surface area (Å²) in [7, 11) is 1.75. The predicted molar refractivity (Wildman–Crippen MR) is 132 cm³/mol. The highest BCUT2D eigenvalue weighted by atomic mass is 19.1. The number of aliphatic carboxylic acids is 2. The number of cyclic esters (lactones) is 1. The van der Waals surface area contributed by atoms with E-state index in [4.69, 9.17) is 24.5 Å².